The predicted octanol–water partition coefficient (Wildman–Crippen LogP) is 2.69. The molecule has 0 aromatic carbocycles. The molecule has 1 aliphatic heterocycles. The molecule has 2 N–H and O–H groups in total. The van der Waals surface area contributed by atoms with Gasteiger partial charge in [0, 0.05) is 25.7 Å². The SMILES string of the molecule is CCNC(=NCC(c1ccco1)N(C)C)NC1CCN(CC(F)(F)F)C1.I. The molecular formula is C17H29F3IN5O. The van der Waals surface area contributed by atoms with E-state index in [1.165, 1.54) is 4.90 Å². The maximum Gasteiger partial charge on any atom is 0.401 e. The van der Waals surface area contributed by atoms with Gasteiger partial charge in [0.05, 0.1) is 25.4 Å². The summed E-state index contributed by atoms with van der Waals surface area (Å²) in [6.45, 7) is 3.05. The van der Waals surface area contributed by atoms with Crippen LogP contribution in [-0.2, 0) is 0 Å². The summed E-state index contributed by atoms with van der Waals surface area (Å²) in [5.74, 6) is 1.44. The van der Waals surface area contributed by atoms with Gasteiger partial charge >= 0.3 is 6.18 Å². The summed E-state index contributed by atoms with van der Waals surface area (Å²) in [6.07, 6.45) is -1.86. The number of alkyl halides is 3. The molecule has 1 aromatic heterocycles. The molecule has 0 amide bonds. The van der Waals surface area contributed by atoms with Crippen molar-refractivity contribution in [2.75, 3.05) is 46.8 Å². The van der Waals surface area contributed by atoms with Gasteiger partial charge in [0.1, 0.15) is 5.76 Å². The van der Waals surface area contributed by atoms with E-state index >= 15 is 0 Å². The fourth-order valence-electron chi connectivity index (χ4n) is 3.03. The molecule has 2 rings (SSSR count). The van der Waals surface area contributed by atoms with Crippen molar-refractivity contribution in [3.63, 3.8) is 0 Å². The number of aliphatic imine (C=N–C) groups is 1. The topological polar surface area (TPSA) is 56.0 Å². The van der Waals surface area contributed by atoms with Crippen molar-refractivity contribution >= 4 is 29.9 Å². The number of hydrogen-bond donors (Lipinski definition) is 2. The van der Waals surface area contributed by atoms with E-state index in [4.69, 9.17) is 4.42 Å². The Labute approximate surface area is 175 Å². The first-order valence-electron chi connectivity index (χ1n) is 8.82. The van der Waals surface area contributed by atoms with Crippen LogP contribution in [0.4, 0.5) is 13.2 Å². The van der Waals surface area contributed by atoms with Gasteiger partial charge in [-0.1, -0.05) is 0 Å². The number of furan rings is 1. The fourth-order valence-corrected chi connectivity index (χ4v) is 3.03. The second kappa shape index (κ2) is 11.1. The maximum atomic E-state index is 12.5. The molecule has 2 unspecified atom stereocenters. The van der Waals surface area contributed by atoms with Crippen molar-refractivity contribution < 1.29 is 17.6 Å². The minimum atomic E-state index is -4.16. The normalized spacial score (nSPS) is 19.8. The van der Waals surface area contributed by atoms with Crippen molar-refractivity contribution in [1.82, 2.24) is 20.4 Å². The van der Waals surface area contributed by atoms with Gasteiger partial charge in [-0.05, 0) is 39.6 Å². The van der Waals surface area contributed by atoms with Gasteiger partial charge in [-0.2, -0.15) is 13.2 Å². The lowest BCUT2D eigenvalue weighted by molar-refractivity contribution is -0.143. The minimum Gasteiger partial charge on any atom is -0.468 e. The molecule has 1 aromatic rings. The van der Waals surface area contributed by atoms with Crippen LogP contribution in [0.3, 0.4) is 0 Å². The molecule has 1 aliphatic rings. The molecule has 0 radical (unpaired) electrons. The van der Waals surface area contributed by atoms with Gasteiger partial charge < -0.3 is 15.1 Å². The number of rotatable bonds is 7. The van der Waals surface area contributed by atoms with Crippen LogP contribution in [0, 0.1) is 0 Å². The summed E-state index contributed by atoms with van der Waals surface area (Å²) in [7, 11) is 3.91. The Hall–Kier alpha value is -1.01. The smallest absolute Gasteiger partial charge is 0.401 e. The highest BCUT2D eigenvalue weighted by Gasteiger charge is 2.34. The summed E-state index contributed by atoms with van der Waals surface area (Å²) >= 11 is 0. The van der Waals surface area contributed by atoms with Gasteiger partial charge in [-0.15, -0.1) is 24.0 Å². The highest BCUT2D eigenvalue weighted by Crippen LogP contribution is 2.20. The Balaban J connectivity index is 0.00000364. The summed E-state index contributed by atoms with van der Waals surface area (Å²) in [6, 6.07) is 3.70. The quantitative estimate of drug-likeness (QED) is 0.341. The first-order valence-corrected chi connectivity index (χ1v) is 8.82. The van der Waals surface area contributed by atoms with Crippen molar-refractivity contribution in [1.29, 1.82) is 0 Å². The van der Waals surface area contributed by atoms with Crippen LogP contribution in [0.5, 0.6) is 0 Å². The molecule has 1 fully saturated rings. The van der Waals surface area contributed by atoms with Crippen LogP contribution in [-0.4, -0.2) is 74.8 Å². The number of hydrogen-bond acceptors (Lipinski definition) is 4. The van der Waals surface area contributed by atoms with Crippen molar-refractivity contribution in [3.05, 3.63) is 24.2 Å². The van der Waals surface area contributed by atoms with E-state index in [1.54, 1.807) is 6.26 Å². The monoisotopic (exact) mass is 503 g/mol. The Morgan fingerprint density at radius 2 is 2.19 bits per heavy atom. The molecule has 27 heavy (non-hydrogen) atoms. The summed E-state index contributed by atoms with van der Waals surface area (Å²) < 4.78 is 43.1. The van der Waals surface area contributed by atoms with E-state index in [1.807, 2.05) is 38.1 Å². The number of nitrogens with one attached hydrogen (secondary N) is 2. The Morgan fingerprint density at radius 3 is 2.74 bits per heavy atom. The average Bonchev–Trinajstić information content (AvgIpc) is 3.18. The maximum absolute atomic E-state index is 12.5. The zero-order chi connectivity index (χ0) is 19.2. The molecule has 2 atom stereocenters. The number of likely N-dealkylation sites (N-methyl/N-ethyl adjacent to an activating group) is 1. The van der Waals surface area contributed by atoms with Gasteiger partial charge in [0.15, 0.2) is 5.96 Å². The van der Waals surface area contributed by atoms with Crippen LogP contribution in [0.2, 0.25) is 0 Å². The summed E-state index contributed by atoms with van der Waals surface area (Å²) in [4.78, 5) is 8.05. The van der Waals surface area contributed by atoms with Gasteiger partial charge in [0.2, 0.25) is 0 Å². The van der Waals surface area contributed by atoms with Crippen molar-refractivity contribution in [3.8, 4) is 0 Å². The molecule has 1 saturated heterocycles. The first kappa shape index (κ1) is 24.0. The first-order chi connectivity index (χ1) is 12.3. The van der Waals surface area contributed by atoms with Crippen molar-refractivity contribution in [2.45, 2.75) is 31.6 Å². The molecule has 156 valence electrons. The molecule has 0 aliphatic carbocycles. The van der Waals surface area contributed by atoms with E-state index in [9.17, 15) is 13.2 Å². The number of nitrogens with zero attached hydrogens (tertiary/aromatic N) is 3. The van der Waals surface area contributed by atoms with Crippen LogP contribution in [0.25, 0.3) is 0 Å². The molecule has 2 heterocycles. The Kier molecular flexibility index (Phi) is 9.88. The Bertz CT molecular complexity index is 565. The largest absolute Gasteiger partial charge is 0.468 e. The third-order valence-electron chi connectivity index (χ3n) is 4.28. The number of guanidine groups is 1. The Morgan fingerprint density at radius 1 is 1.44 bits per heavy atom. The van der Waals surface area contributed by atoms with Crippen LogP contribution < -0.4 is 10.6 Å². The summed E-state index contributed by atoms with van der Waals surface area (Å²) in [5, 5.41) is 6.41. The number of likely N-dealkylation sites (tertiary alicyclic amines) is 1. The lowest BCUT2D eigenvalue weighted by Crippen LogP contribution is -2.45. The lowest BCUT2D eigenvalue weighted by Gasteiger charge is -2.22. The van der Waals surface area contributed by atoms with E-state index < -0.39 is 12.7 Å². The number of halogens is 4. The molecule has 0 spiro atoms. The third-order valence-corrected chi connectivity index (χ3v) is 4.28. The molecule has 0 saturated carbocycles. The van der Waals surface area contributed by atoms with E-state index in [0.717, 1.165) is 5.76 Å². The molecule has 10 heteroatoms. The fraction of sp³-hybridized carbons (Fsp3) is 0.706. The standard InChI is InChI=1S/C17H28F3N5O.HI/c1-4-21-16(22-10-14(24(2)3)15-6-5-9-26-15)23-13-7-8-25(11-13)12-17(18,19)20;/h5-6,9,13-14H,4,7-8,10-12H2,1-3H3,(H2,21,22,23);1H. The minimum absolute atomic E-state index is 0. The molecule has 6 nitrogen and oxygen atoms in total. The zero-order valence-electron chi connectivity index (χ0n) is 15.9. The van der Waals surface area contributed by atoms with E-state index in [2.05, 4.69) is 15.6 Å². The third kappa shape index (κ3) is 8.26. The van der Waals surface area contributed by atoms with Crippen molar-refractivity contribution in [2.24, 2.45) is 4.99 Å². The van der Waals surface area contributed by atoms with Crippen LogP contribution in [0.1, 0.15) is 25.1 Å². The second-order valence-corrected chi connectivity index (χ2v) is 6.69. The predicted molar refractivity (Wildman–Crippen MR) is 111 cm³/mol. The van der Waals surface area contributed by atoms with Gasteiger partial charge in [-0.25, -0.2) is 0 Å². The lowest BCUT2D eigenvalue weighted by atomic mass is 10.2. The van der Waals surface area contributed by atoms with E-state index in [-0.39, 0.29) is 36.1 Å². The second-order valence-electron chi connectivity index (χ2n) is 6.69. The van der Waals surface area contributed by atoms with Crippen LogP contribution in [0.15, 0.2) is 27.8 Å². The highest BCUT2D eigenvalue weighted by molar-refractivity contribution is 14.0. The van der Waals surface area contributed by atoms with E-state index in [0.29, 0.717) is 38.6 Å². The molecular weight excluding hydrogens is 474 g/mol. The average molecular weight is 503 g/mol. The zero-order valence-corrected chi connectivity index (χ0v) is 18.3. The van der Waals surface area contributed by atoms with Gasteiger partial charge in [0.25, 0.3) is 0 Å². The molecule has 0 bridgehead atoms. The highest BCUT2D eigenvalue weighted by atomic mass is 127. The van der Waals surface area contributed by atoms with Crippen LogP contribution >= 0.6 is 24.0 Å². The van der Waals surface area contributed by atoms with Gasteiger partial charge in [-0.3, -0.25) is 14.8 Å². The summed E-state index contributed by atoms with van der Waals surface area (Å²) in [5.41, 5.74) is 0.